The van der Waals surface area contributed by atoms with Crippen LogP contribution in [0, 0.1) is 17.4 Å². The Morgan fingerprint density at radius 3 is 2.47 bits per heavy atom. The van der Waals surface area contributed by atoms with Crippen LogP contribution in [0.4, 0.5) is 5.82 Å². The summed E-state index contributed by atoms with van der Waals surface area (Å²) in [4.78, 5) is 8.47. The summed E-state index contributed by atoms with van der Waals surface area (Å²) in [6.07, 6.45) is 1.51. The normalized spacial score (nSPS) is 11.1. The van der Waals surface area contributed by atoms with Crippen LogP contribution in [-0.2, 0) is 0 Å². The van der Waals surface area contributed by atoms with Gasteiger partial charge in [0.25, 0.3) is 0 Å². The summed E-state index contributed by atoms with van der Waals surface area (Å²) in [6.45, 7) is 4.13. The Balaban J connectivity index is 2.38. The third-order valence-electron chi connectivity index (χ3n) is 3.41. The summed E-state index contributed by atoms with van der Waals surface area (Å²) in [7, 11) is 0. The lowest BCUT2D eigenvalue weighted by Crippen LogP contribution is -1.99. The highest BCUT2D eigenvalue weighted by atomic mass is 127. The zero-order chi connectivity index (χ0) is 13.6. The molecule has 0 saturated heterocycles. The second-order valence-electron chi connectivity index (χ2n) is 4.48. The number of fused-ring (bicyclic) bond motifs is 1. The number of nitrogen functional groups attached to an aromatic ring is 1. The van der Waals surface area contributed by atoms with E-state index in [0.29, 0.717) is 5.82 Å². The quantitative estimate of drug-likeness (QED) is 0.675. The first kappa shape index (κ1) is 12.4. The summed E-state index contributed by atoms with van der Waals surface area (Å²) >= 11 is 2.30. The van der Waals surface area contributed by atoms with Gasteiger partial charge in [-0.3, -0.25) is 4.57 Å². The standard InChI is InChI=1S/C14H13IN4/c1-8-9(2)19(11-5-3-10(15)4-6-11)14-12(8)13(16)17-7-18-14/h3-7H,1-2H3,(H2,16,17,18). The maximum Gasteiger partial charge on any atom is 0.150 e. The molecule has 0 amide bonds. The van der Waals surface area contributed by atoms with Crippen molar-refractivity contribution in [2.75, 3.05) is 5.73 Å². The van der Waals surface area contributed by atoms with Crippen LogP contribution in [0.1, 0.15) is 11.3 Å². The van der Waals surface area contributed by atoms with Gasteiger partial charge in [-0.05, 0) is 66.3 Å². The Labute approximate surface area is 124 Å². The van der Waals surface area contributed by atoms with Gasteiger partial charge in [0.05, 0.1) is 5.39 Å². The van der Waals surface area contributed by atoms with Crippen molar-refractivity contribution in [3.63, 3.8) is 0 Å². The van der Waals surface area contributed by atoms with Crippen LogP contribution in [0.5, 0.6) is 0 Å². The van der Waals surface area contributed by atoms with E-state index in [1.807, 2.05) is 0 Å². The Morgan fingerprint density at radius 2 is 1.79 bits per heavy atom. The molecule has 3 rings (SSSR count). The SMILES string of the molecule is Cc1c(C)n(-c2ccc(I)cc2)c2ncnc(N)c12. The van der Waals surface area contributed by atoms with Gasteiger partial charge in [-0.2, -0.15) is 0 Å². The zero-order valence-electron chi connectivity index (χ0n) is 10.7. The van der Waals surface area contributed by atoms with Crippen molar-refractivity contribution in [1.29, 1.82) is 0 Å². The van der Waals surface area contributed by atoms with Gasteiger partial charge in [-0.1, -0.05) is 0 Å². The number of aromatic nitrogens is 3. The topological polar surface area (TPSA) is 56.7 Å². The minimum Gasteiger partial charge on any atom is -0.383 e. The molecule has 19 heavy (non-hydrogen) atoms. The van der Waals surface area contributed by atoms with E-state index in [-0.39, 0.29) is 0 Å². The minimum absolute atomic E-state index is 0.537. The molecule has 2 heterocycles. The molecule has 0 aliphatic carbocycles. The van der Waals surface area contributed by atoms with E-state index in [1.54, 1.807) is 0 Å². The summed E-state index contributed by atoms with van der Waals surface area (Å²) in [5, 5.41) is 0.943. The predicted molar refractivity (Wildman–Crippen MR) is 85.5 cm³/mol. The average Bonchev–Trinajstić information content (AvgIpc) is 2.65. The van der Waals surface area contributed by atoms with Gasteiger partial charge in [0, 0.05) is 15.0 Å². The Hall–Kier alpha value is -1.63. The summed E-state index contributed by atoms with van der Waals surface area (Å²) in [5.74, 6) is 0.537. The van der Waals surface area contributed by atoms with Gasteiger partial charge in [0.2, 0.25) is 0 Å². The molecule has 96 valence electrons. The highest BCUT2D eigenvalue weighted by Gasteiger charge is 2.15. The fourth-order valence-corrected chi connectivity index (χ4v) is 2.69. The van der Waals surface area contributed by atoms with Crippen molar-refractivity contribution in [3.8, 4) is 5.69 Å². The van der Waals surface area contributed by atoms with Gasteiger partial charge in [-0.25, -0.2) is 9.97 Å². The number of nitrogens with two attached hydrogens (primary N) is 1. The number of hydrogen-bond acceptors (Lipinski definition) is 3. The van der Waals surface area contributed by atoms with Crippen LogP contribution in [0.2, 0.25) is 0 Å². The number of benzene rings is 1. The van der Waals surface area contributed by atoms with Crippen LogP contribution >= 0.6 is 22.6 Å². The van der Waals surface area contributed by atoms with E-state index >= 15 is 0 Å². The van der Waals surface area contributed by atoms with Crippen molar-refractivity contribution >= 4 is 39.4 Å². The van der Waals surface area contributed by atoms with Gasteiger partial charge in [-0.15, -0.1) is 0 Å². The molecule has 0 atom stereocenters. The lowest BCUT2D eigenvalue weighted by atomic mass is 10.2. The Kier molecular flexibility index (Phi) is 2.93. The summed E-state index contributed by atoms with van der Waals surface area (Å²) in [6, 6.07) is 8.35. The maximum atomic E-state index is 5.98. The maximum absolute atomic E-state index is 5.98. The molecule has 0 bridgehead atoms. The fourth-order valence-electron chi connectivity index (χ4n) is 2.33. The van der Waals surface area contributed by atoms with E-state index < -0.39 is 0 Å². The summed E-state index contributed by atoms with van der Waals surface area (Å²) < 4.78 is 3.33. The number of rotatable bonds is 1. The van der Waals surface area contributed by atoms with E-state index in [9.17, 15) is 0 Å². The molecule has 0 spiro atoms. The minimum atomic E-state index is 0.537. The highest BCUT2D eigenvalue weighted by Crippen LogP contribution is 2.29. The predicted octanol–water partition coefficient (Wildman–Crippen LogP) is 3.22. The number of aryl methyl sites for hydroxylation is 1. The molecule has 3 aromatic rings. The van der Waals surface area contributed by atoms with Gasteiger partial charge in [0.15, 0.2) is 5.65 Å². The smallest absolute Gasteiger partial charge is 0.150 e. The third kappa shape index (κ3) is 1.88. The molecule has 0 aliphatic rings. The van der Waals surface area contributed by atoms with Crippen molar-refractivity contribution < 1.29 is 0 Å². The van der Waals surface area contributed by atoms with Crippen molar-refractivity contribution in [2.24, 2.45) is 0 Å². The van der Waals surface area contributed by atoms with Crippen LogP contribution < -0.4 is 5.73 Å². The largest absolute Gasteiger partial charge is 0.383 e. The number of anilines is 1. The molecule has 1 aromatic carbocycles. The molecular weight excluding hydrogens is 351 g/mol. The molecule has 2 N–H and O–H groups in total. The fraction of sp³-hybridized carbons (Fsp3) is 0.143. The average molecular weight is 364 g/mol. The first-order chi connectivity index (χ1) is 9.09. The second kappa shape index (κ2) is 4.48. The summed E-state index contributed by atoms with van der Waals surface area (Å²) in [5.41, 5.74) is 10.2. The van der Waals surface area contributed by atoms with Crippen LogP contribution in [0.25, 0.3) is 16.7 Å². The molecule has 2 aromatic heterocycles. The number of nitrogens with zero attached hydrogens (tertiary/aromatic N) is 3. The van der Waals surface area contributed by atoms with Crippen LogP contribution in [0.15, 0.2) is 30.6 Å². The molecule has 0 unspecified atom stereocenters. The Bertz CT molecular complexity index is 759. The monoisotopic (exact) mass is 364 g/mol. The number of hydrogen-bond donors (Lipinski definition) is 1. The van der Waals surface area contributed by atoms with E-state index in [1.165, 1.54) is 9.90 Å². The zero-order valence-corrected chi connectivity index (χ0v) is 12.8. The highest BCUT2D eigenvalue weighted by molar-refractivity contribution is 14.1. The Morgan fingerprint density at radius 1 is 1.11 bits per heavy atom. The molecule has 0 radical (unpaired) electrons. The van der Waals surface area contributed by atoms with E-state index in [4.69, 9.17) is 5.73 Å². The molecule has 4 nitrogen and oxygen atoms in total. The molecular formula is C14H13IN4. The molecule has 5 heteroatoms. The van der Waals surface area contributed by atoms with E-state index in [0.717, 1.165) is 28.0 Å². The van der Waals surface area contributed by atoms with Crippen molar-refractivity contribution in [3.05, 3.63) is 45.4 Å². The molecule has 0 aliphatic heterocycles. The van der Waals surface area contributed by atoms with Gasteiger partial charge >= 0.3 is 0 Å². The first-order valence-electron chi connectivity index (χ1n) is 5.93. The molecule has 0 fully saturated rings. The van der Waals surface area contributed by atoms with E-state index in [2.05, 4.69) is 75.2 Å². The van der Waals surface area contributed by atoms with Crippen molar-refractivity contribution in [2.45, 2.75) is 13.8 Å². The molecule has 0 saturated carbocycles. The van der Waals surface area contributed by atoms with Crippen LogP contribution in [-0.4, -0.2) is 14.5 Å². The third-order valence-corrected chi connectivity index (χ3v) is 4.13. The van der Waals surface area contributed by atoms with Gasteiger partial charge < -0.3 is 5.73 Å². The first-order valence-corrected chi connectivity index (χ1v) is 7.01. The van der Waals surface area contributed by atoms with Crippen molar-refractivity contribution in [1.82, 2.24) is 14.5 Å². The second-order valence-corrected chi connectivity index (χ2v) is 5.73. The van der Waals surface area contributed by atoms with Crippen LogP contribution in [0.3, 0.4) is 0 Å². The lowest BCUT2D eigenvalue weighted by Gasteiger charge is -2.07. The van der Waals surface area contributed by atoms with Gasteiger partial charge in [0.1, 0.15) is 12.1 Å². The number of halogens is 1. The lowest BCUT2D eigenvalue weighted by molar-refractivity contribution is 1.01.